The van der Waals surface area contributed by atoms with Crippen molar-refractivity contribution in [1.82, 2.24) is 10.1 Å². The zero-order chi connectivity index (χ0) is 8.60. The van der Waals surface area contributed by atoms with E-state index in [1.807, 2.05) is 0 Å². The SMILES string of the molecule is NCC1(c2nc(N)no2)CCC1. The summed E-state index contributed by atoms with van der Waals surface area (Å²) in [5.41, 5.74) is 10.9. The van der Waals surface area contributed by atoms with E-state index in [9.17, 15) is 0 Å². The first-order chi connectivity index (χ1) is 5.77. The molecule has 0 radical (unpaired) electrons. The van der Waals surface area contributed by atoms with Crippen LogP contribution in [0, 0.1) is 0 Å². The summed E-state index contributed by atoms with van der Waals surface area (Å²) in [6.45, 7) is 0.564. The van der Waals surface area contributed by atoms with Gasteiger partial charge in [-0.05, 0) is 18.0 Å². The molecule has 1 heterocycles. The van der Waals surface area contributed by atoms with Crippen molar-refractivity contribution in [3.05, 3.63) is 5.89 Å². The molecule has 0 aromatic carbocycles. The van der Waals surface area contributed by atoms with Crippen LogP contribution in [0.4, 0.5) is 5.95 Å². The lowest BCUT2D eigenvalue weighted by atomic mass is 9.69. The highest BCUT2D eigenvalue weighted by Gasteiger charge is 2.42. The molecule has 2 rings (SSSR count). The minimum atomic E-state index is -0.0649. The van der Waals surface area contributed by atoms with Crippen LogP contribution in [0.2, 0.25) is 0 Å². The molecule has 1 aliphatic rings. The van der Waals surface area contributed by atoms with E-state index < -0.39 is 0 Å². The number of anilines is 1. The number of hydrogen-bond acceptors (Lipinski definition) is 5. The summed E-state index contributed by atoms with van der Waals surface area (Å²) in [6.07, 6.45) is 3.25. The zero-order valence-electron chi connectivity index (χ0n) is 6.79. The van der Waals surface area contributed by atoms with Gasteiger partial charge in [-0.25, -0.2) is 0 Å². The molecule has 1 fully saturated rings. The molecule has 1 aliphatic carbocycles. The van der Waals surface area contributed by atoms with Crippen LogP contribution >= 0.6 is 0 Å². The quantitative estimate of drug-likeness (QED) is 0.650. The Morgan fingerprint density at radius 2 is 2.25 bits per heavy atom. The summed E-state index contributed by atoms with van der Waals surface area (Å²) >= 11 is 0. The van der Waals surface area contributed by atoms with Crippen molar-refractivity contribution >= 4 is 5.95 Å². The monoisotopic (exact) mass is 168 g/mol. The van der Waals surface area contributed by atoms with Gasteiger partial charge in [-0.1, -0.05) is 6.42 Å². The van der Waals surface area contributed by atoms with E-state index in [0.29, 0.717) is 12.4 Å². The second-order valence-electron chi connectivity index (χ2n) is 3.30. The fourth-order valence-electron chi connectivity index (χ4n) is 1.56. The maximum absolute atomic E-state index is 5.64. The predicted octanol–water partition coefficient (Wildman–Crippen LogP) is 0.0322. The van der Waals surface area contributed by atoms with Crippen LogP contribution in [0.15, 0.2) is 4.52 Å². The molecule has 1 saturated carbocycles. The van der Waals surface area contributed by atoms with Gasteiger partial charge in [0.05, 0.1) is 5.41 Å². The van der Waals surface area contributed by atoms with Gasteiger partial charge in [0.1, 0.15) is 0 Å². The predicted molar refractivity (Wildman–Crippen MR) is 43.3 cm³/mol. The van der Waals surface area contributed by atoms with Gasteiger partial charge in [-0.3, -0.25) is 0 Å². The normalized spacial score (nSPS) is 20.4. The molecule has 0 bridgehead atoms. The molecule has 5 nitrogen and oxygen atoms in total. The van der Waals surface area contributed by atoms with Crippen LogP contribution in [-0.4, -0.2) is 16.7 Å². The maximum atomic E-state index is 5.64. The molecule has 4 N–H and O–H groups in total. The van der Waals surface area contributed by atoms with Crippen LogP contribution < -0.4 is 11.5 Å². The Hall–Kier alpha value is -1.10. The van der Waals surface area contributed by atoms with Crippen LogP contribution in [0.25, 0.3) is 0 Å². The Kier molecular flexibility index (Phi) is 1.54. The van der Waals surface area contributed by atoms with Gasteiger partial charge in [0, 0.05) is 6.54 Å². The standard InChI is InChI=1S/C7H12N4O/c8-4-7(2-1-3-7)5-10-6(9)11-12-5/h1-4,8H2,(H2,9,11). The fourth-order valence-corrected chi connectivity index (χ4v) is 1.56. The van der Waals surface area contributed by atoms with E-state index in [2.05, 4.69) is 10.1 Å². The van der Waals surface area contributed by atoms with E-state index in [1.165, 1.54) is 6.42 Å². The molecule has 0 saturated heterocycles. The number of hydrogen-bond donors (Lipinski definition) is 2. The largest absolute Gasteiger partial charge is 0.365 e. The summed E-state index contributed by atoms with van der Waals surface area (Å²) < 4.78 is 5.00. The van der Waals surface area contributed by atoms with E-state index in [4.69, 9.17) is 16.0 Å². The first-order valence-corrected chi connectivity index (χ1v) is 4.07. The van der Waals surface area contributed by atoms with E-state index in [-0.39, 0.29) is 11.4 Å². The summed E-state index contributed by atoms with van der Waals surface area (Å²) in [6, 6.07) is 0. The molecule has 12 heavy (non-hydrogen) atoms. The van der Waals surface area contributed by atoms with E-state index in [1.54, 1.807) is 0 Å². The number of nitrogen functional groups attached to an aromatic ring is 1. The Balaban J connectivity index is 2.27. The highest BCUT2D eigenvalue weighted by atomic mass is 16.5. The summed E-state index contributed by atoms with van der Waals surface area (Å²) in [5, 5.41) is 3.55. The number of aromatic nitrogens is 2. The number of rotatable bonds is 2. The molecule has 0 amide bonds. The second-order valence-corrected chi connectivity index (χ2v) is 3.30. The lowest BCUT2D eigenvalue weighted by Crippen LogP contribution is -2.41. The van der Waals surface area contributed by atoms with Gasteiger partial charge in [-0.2, -0.15) is 4.98 Å². The molecular weight excluding hydrogens is 156 g/mol. The van der Waals surface area contributed by atoms with Crippen molar-refractivity contribution in [2.75, 3.05) is 12.3 Å². The van der Waals surface area contributed by atoms with Crippen molar-refractivity contribution in [1.29, 1.82) is 0 Å². The summed E-state index contributed by atoms with van der Waals surface area (Å²) in [4.78, 5) is 4.00. The van der Waals surface area contributed by atoms with Crippen molar-refractivity contribution in [2.45, 2.75) is 24.7 Å². The molecule has 1 aromatic rings. The molecule has 0 atom stereocenters. The zero-order valence-corrected chi connectivity index (χ0v) is 6.79. The Morgan fingerprint density at radius 3 is 2.58 bits per heavy atom. The number of nitrogens with zero attached hydrogens (tertiary/aromatic N) is 2. The third-order valence-corrected chi connectivity index (χ3v) is 2.60. The van der Waals surface area contributed by atoms with Crippen molar-refractivity contribution in [3.8, 4) is 0 Å². The Labute approximate surface area is 70.1 Å². The minimum absolute atomic E-state index is 0.0649. The average Bonchev–Trinajstić information content (AvgIpc) is 2.35. The lowest BCUT2D eigenvalue weighted by Gasteiger charge is -2.36. The molecule has 0 aliphatic heterocycles. The van der Waals surface area contributed by atoms with Gasteiger partial charge < -0.3 is 16.0 Å². The number of nitrogens with two attached hydrogens (primary N) is 2. The van der Waals surface area contributed by atoms with Crippen LogP contribution in [-0.2, 0) is 5.41 Å². The lowest BCUT2D eigenvalue weighted by molar-refractivity contribution is 0.182. The van der Waals surface area contributed by atoms with Gasteiger partial charge in [-0.15, -0.1) is 0 Å². The van der Waals surface area contributed by atoms with E-state index in [0.717, 1.165) is 12.8 Å². The van der Waals surface area contributed by atoms with Gasteiger partial charge in [0.15, 0.2) is 0 Å². The van der Waals surface area contributed by atoms with E-state index >= 15 is 0 Å². The molecule has 0 unspecified atom stereocenters. The molecule has 5 heteroatoms. The Bertz CT molecular complexity index is 273. The minimum Gasteiger partial charge on any atom is -0.365 e. The Morgan fingerprint density at radius 1 is 1.50 bits per heavy atom. The van der Waals surface area contributed by atoms with Gasteiger partial charge in [0.2, 0.25) is 5.89 Å². The molecule has 66 valence electrons. The molecular formula is C7H12N4O. The third kappa shape index (κ3) is 0.896. The second kappa shape index (κ2) is 2.45. The molecule has 1 aromatic heterocycles. The summed E-state index contributed by atoms with van der Waals surface area (Å²) in [5.74, 6) is 0.804. The molecule has 0 spiro atoms. The van der Waals surface area contributed by atoms with Crippen LogP contribution in [0.1, 0.15) is 25.2 Å². The van der Waals surface area contributed by atoms with Crippen molar-refractivity contribution in [3.63, 3.8) is 0 Å². The van der Waals surface area contributed by atoms with Crippen LogP contribution in [0.3, 0.4) is 0 Å². The fraction of sp³-hybridized carbons (Fsp3) is 0.714. The smallest absolute Gasteiger partial charge is 0.260 e. The maximum Gasteiger partial charge on any atom is 0.260 e. The third-order valence-electron chi connectivity index (χ3n) is 2.60. The summed E-state index contributed by atoms with van der Waals surface area (Å²) in [7, 11) is 0. The first-order valence-electron chi connectivity index (χ1n) is 4.07. The average molecular weight is 168 g/mol. The van der Waals surface area contributed by atoms with Crippen molar-refractivity contribution < 1.29 is 4.52 Å². The van der Waals surface area contributed by atoms with Gasteiger partial charge in [0.25, 0.3) is 5.95 Å². The first kappa shape index (κ1) is 7.54. The topological polar surface area (TPSA) is 91.0 Å². The highest BCUT2D eigenvalue weighted by Crippen LogP contribution is 2.41. The highest BCUT2D eigenvalue weighted by molar-refractivity contribution is 5.18. The van der Waals surface area contributed by atoms with Gasteiger partial charge >= 0.3 is 0 Å². The van der Waals surface area contributed by atoms with Crippen LogP contribution in [0.5, 0.6) is 0 Å². The van der Waals surface area contributed by atoms with Crippen molar-refractivity contribution in [2.24, 2.45) is 5.73 Å².